The molecule has 0 N–H and O–H groups in total. The molecule has 9 heavy (non-hydrogen) atoms. The third kappa shape index (κ3) is 1.43. The molecule has 1 heteroatoms. The summed E-state index contributed by atoms with van der Waals surface area (Å²) >= 11 is 0. The van der Waals surface area contributed by atoms with Gasteiger partial charge in [0.1, 0.15) is 0 Å². The number of terminal acetylenes is 1. The Morgan fingerprint density at radius 1 is 1.78 bits per heavy atom. The maximum absolute atomic E-state index is 10.6. The zero-order valence-electron chi connectivity index (χ0n) is 5.13. The van der Waals surface area contributed by atoms with Gasteiger partial charge in [-0.15, -0.1) is 6.42 Å². The van der Waals surface area contributed by atoms with Gasteiger partial charge in [-0.25, -0.2) is 0 Å². The lowest BCUT2D eigenvalue weighted by atomic mass is 9.96. The summed E-state index contributed by atoms with van der Waals surface area (Å²) in [4.78, 5) is 10.6. The van der Waals surface area contributed by atoms with E-state index >= 15 is 0 Å². The highest BCUT2D eigenvalue weighted by atomic mass is 16.1. The van der Waals surface area contributed by atoms with Crippen molar-refractivity contribution < 1.29 is 4.79 Å². The SMILES string of the molecule is C#CC1C=CC(=O)CC1. The summed E-state index contributed by atoms with van der Waals surface area (Å²) in [7, 11) is 0. The Balaban J connectivity index is 2.60. The van der Waals surface area contributed by atoms with Gasteiger partial charge in [-0.2, -0.15) is 0 Å². The second-order valence-electron chi connectivity index (χ2n) is 2.14. The van der Waals surface area contributed by atoms with E-state index in [0.717, 1.165) is 6.42 Å². The highest BCUT2D eigenvalue weighted by Crippen LogP contribution is 2.12. The molecule has 1 atom stereocenters. The van der Waals surface area contributed by atoms with E-state index in [1.807, 2.05) is 0 Å². The average Bonchev–Trinajstić information content (AvgIpc) is 1.90. The van der Waals surface area contributed by atoms with E-state index < -0.39 is 0 Å². The van der Waals surface area contributed by atoms with E-state index in [1.54, 1.807) is 12.2 Å². The van der Waals surface area contributed by atoms with Crippen LogP contribution in [0.4, 0.5) is 0 Å². The van der Waals surface area contributed by atoms with Crippen molar-refractivity contribution in [1.29, 1.82) is 0 Å². The third-order valence-electron chi connectivity index (χ3n) is 1.43. The number of allylic oxidation sites excluding steroid dienone is 2. The molecule has 0 saturated heterocycles. The van der Waals surface area contributed by atoms with E-state index in [-0.39, 0.29) is 11.7 Å². The minimum atomic E-state index is 0.196. The lowest BCUT2D eigenvalue weighted by molar-refractivity contribution is -0.115. The third-order valence-corrected chi connectivity index (χ3v) is 1.43. The van der Waals surface area contributed by atoms with Crippen LogP contribution >= 0.6 is 0 Å². The van der Waals surface area contributed by atoms with Gasteiger partial charge in [0.05, 0.1) is 0 Å². The van der Waals surface area contributed by atoms with Gasteiger partial charge in [0.2, 0.25) is 0 Å². The minimum absolute atomic E-state index is 0.196. The van der Waals surface area contributed by atoms with Crippen LogP contribution in [0.1, 0.15) is 12.8 Å². The topological polar surface area (TPSA) is 17.1 Å². The number of carbonyl (C=O) groups is 1. The summed E-state index contributed by atoms with van der Waals surface area (Å²) in [6.07, 6.45) is 9.95. The fourth-order valence-corrected chi connectivity index (χ4v) is 0.840. The Kier molecular flexibility index (Phi) is 1.69. The summed E-state index contributed by atoms with van der Waals surface area (Å²) in [6, 6.07) is 0. The van der Waals surface area contributed by atoms with Crippen LogP contribution in [0.3, 0.4) is 0 Å². The van der Waals surface area contributed by atoms with E-state index in [1.165, 1.54) is 0 Å². The molecule has 0 bridgehead atoms. The maximum atomic E-state index is 10.6. The van der Waals surface area contributed by atoms with Crippen molar-refractivity contribution in [1.82, 2.24) is 0 Å². The highest BCUT2D eigenvalue weighted by molar-refractivity contribution is 5.90. The molecule has 0 radical (unpaired) electrons. The first-order valence-electron chi connectivity index (χ1n) is 3.00. The average molecular weight is 120 g/mol. The molecule has 0 aromatic heterocycles. The van der Waals surface area contributed by atoms with Crippen LogP contribution in [0.5, 0.6) is 0 Å². The Morgan fingerprint density at radius 2 is 2.56 bits per heavy atom. The Hall–Kier alpha value is -1.03. The van der Waals surface area contributed by atoms with Gasteiger partial charge in [0, 0.05) is 12.3 Å². The zero-order chi connectivity index (χ0) is 6.69. The van der Waals surface area contributed by atoms with Gasteiger partial charge in [-0.3, -0.25) is 4.79 Å². The van der Waals surface area contributed by atoms with Crippen LogP contribution in [0, 0.1) is 18.3 Å². The van der Waals surface area contributed by atoms with Crippen molar-refractivity contribution in [2.75, 3.05) is 0 Å². The number of rotatable bonds is 0. The predicted octanol–water partition coefficient (Wildman–Crippen LogP) is 1.15. The molecular weight excluding hydrogens is 112 g/mol. The number of ketones is 1. The van der Waals surface area contributed by atoms with Crippen molar-refractivity contribution in [2.45, 2.75) is 12.8 Å². The molecule has 0 aromatic carbocycles. The van der Waals surface area contributed by atoms with Crippen LogP contribution in [0.25, 0.3) is 0 Å². The van der Waals surface area contributed by atoms with E-state index in [9.17, 15) is 4.79 Å². The van der Waals surface area contributed by atoms with Gasteiger partial charge in [0.25, 0.3) is 0 Å². The van der Waals surface area contributed by atoms with Gasteiger partial charge < -0.3 is 0 Å². The molecule has 0 heterocycles. The molecule has 46 valence electrons. The molecule has 1 unspecified atom stereocenters. The lowest BCUT2D eigenvalue weighted by Gasteiger charge is -2.07. The predicted molar refractivity (Wildman–Crippen MR) is 35.7 cm³/mol. The number of hydrogen-bond acceptors (Lipinski definition) is 1. The van der Waals surface area contributed by atoms with Crippen LogP contribution in [-0.2, 0) is 4.79 Å². The molecule has 0 spiro atoms. The van der Waals surface area contributed by atoms with Crippen molar-refractivity contribution in [3.05, 3.63) is 12.2 Å². The monoisotopic (exact) mass is 120 g/mol. The second-order valence-corrected chi connectivity index (χ2v) is 2.14. The summed E-state index contributed by atoms with van der Waals surface area (Å²) in [5.41, 5.74) is 0. The van der Waals surface area contributed by atoms with Crippen molar-refractivity contribution in [3.8, 4) is 12.3 Å². The molecule has 0 aromatic rings. The largest absolute Gasteiger partial charge is 0.295 e. The Morgan fingerprint density at radius 3 is 3.00 bits per heavy atom. The van der Waals surface area contributed by atoms with Gasteiger partial charge in [-0.05, 0) is 12.5 Å². The van der Waals surface area contributed by atoms with Crippen molar-refractivity contribution in [3.63, 3.8) is 0 Å². The summed E-state index contributed by atoms with van der Waals surface area (Å²) in [5, 5.41) is 0. The molecule has 0 fully saturated rings. The van der Waals surface area contributed by atoms with Gasteiger partial charge >= 0.3 is 0 Å². The summed E-state index contributed by atoms with van der Waals surface area (Å²) in [6.45, 7) is 0. The molecule has 0 saturated carbocycles. The first-order chi connectivity index (χ1) is 4.33. The molecule has 1 aliphatic carbocycles. The van der Waals surface area contributed by atoms with E-state index in [0.29, 0.717) is 6.42 Å². The quantitative estimate of drug-likeness (QED) is 0.438. The first-order valence-corrected chi connectivity index (χ1v) is 3.00. The summed E-state index contributed by atoms with van der Waals surface area (Å²) < 4.78 is 0. The van der Waals surface area contributed by atoms with Crippen LogP contribution in [-0.4, -0.2) is 5.78 Å². The second kappa shape index (κ2) is 2.50. The number of hydrogen-bond donors (Lipinski definition) is 0. The van der Waals surface area contributed by atoms with Crippen LogP contribution in [0.2, 0.25) is 0 Å². The molecule has 1 rings (SSSR count). The van der Waals surface area contributed by atoms with Crippen molar-refractivity contribution in [2.24, 2.45) is 5.92 Å². The van der Waals surface area contributed by atoms with Crippen LogP contribution < -0.4 is 0 Å². The molecule has 1 aliphatic rings. The van der Waals surface area contributed by atoms with Crippen molar-refractivity contribution >= 4 is 5.78 Å². The zero-order valence-corrected chi connectivity index (χ0v) is 5.13. The molecule has 0 aliphatic heterocycles. The Labute approximate surface area is 54.8 Å². The first kappa shape index (κ1) is 6.10. The molecule has 0 amide bonds. The number of carbonyl (C=O) groups excluding carboxylic acids is 1. The summed E-state index contributed by atoms with van der Waals surface area (Å²) in [5.74, 6) is 2.98. The molecular formula is C8H8O. The van der Waals surface area contributed by atoms with Crippen LogP contribution in [0.15, 0.2) is 12.2 Å². The lowest BCUT2D eigenvalue weighted by Crippen LogP contribution is -2.04. The standard InChI is InChI=1S/C8H8O/c1-2-7-3-5-8(9)6-4-7/h1,3,5,7H,4,6H2. The molecule has 1 nitrogen and oxygen atoms in total. The minimum Gasteiger partial charge on any atom is -0.295 e. The van der Waals surface area contributed by atoms with E-state index in [2.05, 4.69) is 5.92 Å². The fourth-order valence-electron chi connectivity index (χ4n) is 0.840. The van der Waals surface area contributed by atoms with E-state index in [4.69, 9.17) is 6.42 Å². The highest BCUT2D eigenvalue weighted by Gasteiger charge is 2.08. The van der Waals surface area contributed by atoms with Gasteiger partial charge in [-0.1, -0.05) is 12.0 Å². The van der Waals surface area contributed by atoms with Gasteiger partial charge in [0.15, 0.2) is 5.78 Å². The maximum Gasteiger partial charge on any atom is 0.155 e. The smallest absolute Gasteiger partial charge is 0.155 e. The Bertz CT molecular complexity index is 183. The fraction of sp³-hybridized carbons (Fsp3) is 0.375. The normalized spacial score (nSPS) is 25.7.